The Hall–Kier alpha value is -2.37. The molecule has 2 amide bonds. The second kappa shape index (κ2) is 8.04. The van der Waals surface area contributed by atoms with Gasteiger partial charge in [0.1, 0.15) is 6.42 Å². The van der Waals surface area contributed by atoms with Crippen molar-refractivity contribution >= 4 is 23.5 Å². The highest BCUT2D eigenvalue weighted by molar-refractivity contribution is 6.04. The highest BCUT2D eigenvalue weighted by Gasteiger charge is 2.11. The lowest BCUT2D eigenvalue weighted by Gasteiger charge is -2.09. The Labute approximate surface area is 123 Å². The van der Waals surface area contributed by atoms with Crippen LogP contribution >= 0.6 is 0 Å². The lowest BCUT2D eigenvalue weighted by atomic mass is 10.2. The van der Waals surface area contributed by atoms with Gasteiger partial charge in [0.15, 0.2) is 0 Å². The van der Waals surface area contributed by atoms with Gasteiger partial charge < -0.3 is 15.4 Å². The van der Waals surface area contributed by atoms with Gasteiger partial charge in [0.25, 0.3) is 0 Å². The van der Waals surface area contributed by atoms with Crippen LogP contribution in [-0.4, -0.2) is 31.4 Å². The molecule has 0 heterocycles. The monoisotopic (exact) mass is 292 g/mol. The van der Waals surface area contributed by atoms with Crippen LogP contribution in [0.2, 0.25) is 0 Å². The molecular weight excluding hydrogens is 272 g/mol. The average Bonchev–Trinajstić information content (AvgIpc) is 2.44. The van der Waals surface area contributed by atoms with E-state index in [2.05, 4.69) is 15.4 Å². The van der Waals surface area contributed by atoms with Crippen LogP contribution in [0.25, 0.3) is 0 Å². The molecule has 0 spiro atoms. The van der Waals surface area contributed by atoms with Crippen molar-refractivity contribution in [3.05, 3.63) is 29.8 Å². The van der Waals surface area contributed by atoms with Crippen LogP contribution in [0.3, 0.4) is 0 Å². The average molecular weight is 292 g/mol. The Kier molecular flexibility index (Phi) is 6.39. The summed E-state index contributed by atoms with van der Waals surface area (Å²) >= 11 is 0. The van der Waals surface area contributed by atoms with Crippen LogP contribution < -0.4 is 10.6 Å². The van der Waals surface area contributed by atoms with E-state index in [0.29, 0.717) is 23.7 Å². The molecule has 0 fully saturated rings. The minimum atomic E-state index is -0.485. The van der Waals surface area contributed by atoms with E-state index in [1.807, 2.05) is 13.8 Å². The molecule has 114 valence electrons. The number of carbonyl (C=O) groups is 3. The van der Waals surface area contributed by atoms with E-state index >= 15 is 0 Å². The highest BCUT2D eigenvalue weighted by atomic mass is 16.5. The molecule has 0 aliphatic carbocycles. The van der Waals surface area contributed by atoms with Crippen LogP contribution in [0.1, 0.15) is 30.6 Å². The molecule has 0 saturated heterocycles. The molecule has 0 atom stereocenters. The van der Waals surface area contributed by atoms with Crippen LogP contribution in [0.4, 0.5) is 5.69 Å². The van der Waals surface area contributed by atoms with E-state index in [1.165, 1.54) is 13.2 Å². The lowest BCUT2D eigenvalue weighted by molar-refractivity contribution is -0.126. The molecule has 0 bridgehead atoms. The van der Waals surface area contributed by atoms with Crippen LogP contribution in [0.5, 0.6) is 0 Å². The maximum absolute atomic E-state index is 11.7. The van der Waals surface area contributed by atoms with Crippen molar-refractivity contribution < 1.29 is 19.1 Å². The van der Waals surface area contributed by atoms with Gasteiger partial charge >= 0.3 is 5.97 Å². The summed E-state index contributed by atoms with van der Waals surface area (Å²) in [4.78, 5) is 34.6. The largest absolute Gasteiger partial charge is 0.465 e. The summed E-state index contributed by atoms with van der Waals surface area (Å²) in [6.45, 7) is 4.47. The molecule has 0 aliphatic rings. The van der Waals surface area contributed by atoms with E-state index < -0.39 is 11.9 Å². The third kappa shape index (κ3) is 6.07. The molecular formula is C15H20N2O4. The van der Waals surface area contributed by atoms with E-state index in [1.54, 1.807) is 18.2 Å². The fraction of sp³-hybridized carbons (Fsp3) is 0.400. The summed E-state index contributed by atoms with van der Waals surface area (Å²) in [6, 6.07) is 6.34. The number of anilines is 1. The molecule has 0 radical (unpaired) electrons. The fourth-order valence-electron chi connectivity index (χ4n) is 1.57. The van der Waals surface area contributed by atoms with Gasteiger partial charge in [-0.1, -0.05) is 19.9 Å². The van der Waals surface area contributed by atoms with Gasteiger partial charge in [-0.05, 0) is 24.1 Å². The number of hydrogen-bond donors (Lipinski definition) is 2. The third-order valence-electron chi connectivity index (χ3n) is 2.60. The molecule has 1 aromatic rings. The summed E-state index contributed by atoms with van der Waals surface area (Å²) in [7, 11) is 1.28. The van der Waals surface area contributed by atoms with Gasteiger partial charge in [-0.2, -0.15) is 0 Å². The topological polar surface area (TPSA) is 84.5 Å². The van der Waals surface area contributed by atoms with Gasteiger partial charge in [0, 0.05) is 12.2 Å². The maximum Gasteiger partial charge on any atom is 0.337 e. The van der Waals surface area contributed by atoms with Gasteiger partial charge in [-0.15, -0.1) is 0 Å². The molecule has 6 nitrogen and oxygen atoms in total. The van der Waals surface area contributed by atoms with Gasteiger partial charge in [0.2, 0.25) is 11.8 Å². The quantitative estimate of drug-likeness (QED) is 0.616. The van der Waals surface area contributed by atoms with E-state index in [9.17, 15) is 14.4 Å². The summed E-state index contributed by atoms with van der Waals surface area (Å²) in [6.07, 6.45) is -0.255. The van der Waals surface area contributed by atoms with Gasteiger partial charge in [-0.25, -0.2) is 4.79 Å². The van der Waals surface area contributed by atoms with Crippen LogP contribution in [0, 0.1) is 5.92 Å². The third-order valence-corrected chi connectivity index (χ3v) is 2.60. The van der Waals surface area contributed by atoms with Crippen molar-refractivity contribution in [2.24, 2.45) is 5.92 Å². The second-order valence-corrected chi connectivity index (χ2v) is 5.00. The minimum absolute atomic E-state index is 0.255. The molecule has 0 aliphatic heterocycles. The molecule has 1 rings (SSSR count). The highest BCUT2D eigenvalue weighted by Crippen LogP contribution is 2.11. The molecule has 1 aromatic carbocycles. The number of nitrogens with one attached hydrogen (secondary N) is 2. The number of carbonyl (C=O) groups excluding carboxylic acids is 3. The number of rotatable bonds is 6. The Morgan fingerprint density at radius 1 is 1.19 bits per heavy atom. The van der Waals surface area contributed by atoms with Crippen molar-refractivity contribution in [3.8, 4) is 0 Å². The number of ether oxygens (including phenoxy) is 1. The molecule has 2 N–H and O–H groups in total. The molecule has 21 heavy (non-hydrogen) atoms. The Morgan fingerprint density at radius 2 is 1.90 bits per heavy atom. The zero-order valence-electron chi connectivity index (χ0n) is 12.4. The number of benzene rings is 1. The smallest absolute Gasteiger partial charge is 0.337 e. The SMILES string of the molecule is COC(=O)c1cccc(NC(=O)CC(=O)NCC(C)C)c1. The number of methoxy groups -OCH3 is 1. The zero-order chi connectivity index (χ0) is 15.8. The lowest BCUT2D eigenvalue weighted by Crippen LogP contribution is -2.30. The normalized spacial score (nSPS) is 10.1. The van der Waals surface area contributed by atoms with Crippen LogP contribution in [-0.2, 0) is 14.3 Å². The standard InChI is InChI=1S/C15H20N2O4/c1-10(2)9-16-13(18)8-14(19)17-12-6-4-5-11(7-12)15(20)21-3/h4-7,10H,8-9H2,1-3H3,(H,16,18)(H,17,19). The molecule has 0 aromatic heterocycles. The van der Waals surface area contributed by atoms with Crippen LogP contribution in [0.15, 0.2) is 24.3 Å². The first-order valence-electron chi connectivity index (χ1n) is 6.67. The predicted molar refractivity (Wildman–Crippen MR) is 78.9 cm³/mol. The van der Waals surface area contributed by atoms with E-state index in [0.717, 1.165) is 0 Å². The first-order chi connectivity index (χ1) is 9.92. The Morgan fingerprint density at radius 3 is 2.52 bits per heavy atom. The number of hydrogen-bond acceptors (Lipinski definition) is 4. The zero-order valence-corrected chi connectivity index (χ0v) is 12.4. The molecule has 0 saturated carbocycles. The fourth-order valence-corrected chi connectivity index (χ4v) is 1.57. The molecule has 6 heteroatoms. The Bertz CT molecular complexity index is 526. The van der Waals surface area contributed by atoms with Crippen molar-refractivity contribution in [1.29, 1.82) is 0 Å². The minimum Gasteiger partial charge on any atom is -0.465 e. The van der Waals surface area contributed by atoms with Crippen molar-refractivity contribution in [1.82, 2.24) is 5.32 Å². The predicted octanol–water partition coefficient (Wildman–Crippen LogP) is 1.57. The van der Waals surface area contributed by atoms with Gasteiger partial charge in [-0.3, -0.25) is 9.59 Å². The first kappa shape index (κ1) is 16.7. The van der Waals surface area contributed by atoms with Gasteiger partial charge in [0.05, 0.1) is 12.7 Å². The van der Waals surface area contributed by atoms with Crippen molar-refractivity contribution in [3.63, 3.8) is 0 Å². The summed E-state index contributed by atoms with van der Waals surface area (Å²) in [5.74, 6) is -0.918. The van der Waals surface area contributed by atoms with E-state index in [4.69, 9.17) is 0 Å². The summed E-state index contributed by atoms with van der Waals surface area (Å²) in [5.41, 5.74) is 0.777. The second-order valence-electron chi connectivity index (χ2n) is 5.00. The molecule has 0 unspecified atom stereocenters. The number of esters is 1. The van der Waals surface area contributed by atoms with Crippen molar-refractivity contribution in [2.45, 2.75) is 20.3 Å². The maximum atomic E-state index is 11.7. The van der Waals surface area contributed by atoms with E-state index in [-0.39, 0.29) is 12.3 Å². The summed E-state index contributed by atoms with van der Waals surface area (Å²) in [5, 5.41) is 5.24. The number of amides is 2. The summed E-state index contributed by atoms with van der Waals surface area (Å²) < 4.78 is 4.60. The van der Waals surface area contributed by atoms with Crippen molar-refractivity contribution in [2.75, 3.05) is 19.0 Å². The first-order valence-corrected chi connectivity index (χ1v) is 6.67. The Balaban J connectivity index is 2.55.